The lowest BCUT2D eigenvalue weighted by molar-refractivity contribution is -0.148. The molecule has 1 aliphatic rings. The Morgan fingerprint density at radius 1 is 1.19 bits per heavy atom. The minimum Gasteiger partial charge on any atom is -0.341 e. The highest BCUT2D eigenvalue weighted by Crippen LogP contribution is 2.32. The molecule has 0 unspecified atom stereocenters. The molecule has 3 heterocycles. The number of Topliss-reactive ketones (excluding diaryl/α,β-unsaturated/α-hetero) is 1. The van der Waals surface area contributed by atoms with Gasteiger partial charge in [-0.15, -0.1) is 0 Å². The third-order valence-electron chi connectivity index (χ3n) is 6.89. The van der Waals surface area contributed by atoms with E-state index in [0.717, 1.165) is 34.6 Å². The number of aryl methyl sites for hydroxylation is 1. The molecule has 0 radical (unpaired) electrons. The van der Waals surface area contributed by atoms with Gasteiger partial charge in [-0.3, -0.25) is 14.2 Å². The van der Waals surface area contributed by atoms with Crippen molar-refractivity contribution in [3.8, 4) is 0 Å². The van der Waals surface area contributed by atoms with Gasteiger partial charge in [0.25, 0.3) is 5.56 Å². The summed E-state index contributed by atoms with van der Waals surface area (Å²) in [6.45, 7) is 3.24. The normalized spacial score (nSPS) is 16.4. The summed E-state index contributed by atoms with van der Waals surface area (Å²) >= 11 is 0.897. The maximum atomic E-state index is 13.9. The fraction of sp³-hybridized carbons (Fsp3) is 0.520. The van der Waals surface area contributed by atoms with Crippen molar-refractivity contribution in [1.82, 2.24) is 19.4 Å². The third-order valence-corrected chi connectivity index (χ3v) is 7.93. The Bertz CT molecular complexity index is 1270. The van der Waals surface area contributed by atoms with Crippen LogP contribution in [0.2, 0.25) is 0 Å². The second-order valence-electron chi connectivity index (χ2n) is 9.48. The summed E-state index contributed by atoms with van der Waals surface area (Å²) < 4.78 is 42.4. The molecule has 1 saturated heterocycles. The van der Waals surface area contributed by atoms with Crippen molar-refractivity contribution in [3.63, 3.8) is 0 Å². The van der Waals surface area contributed by atoms with Crippen LogP contribution >= 0.6 is 11.3 Å². The fourth-order valence-electron chi connectivity index (χ4n) is 4.44. The molecule has 1 fully saturated rings. The molecule has 11 heteroatoms. The highest BCUT2D eigenvalue weighted by Gasteiger charge is 2.39. The van der Waals surface area contributed by atoms with E-state index in [0.29, 0.717) is 30.8 Å². The van der Waals surface area contributed by atoms with Gasteiger partial charge in [0.15, 0.2) is 21.3 Å². The van der Waals surface area contributed by atoms with Gasteiger partial charge in [0, 0.05) is 20.0 Å². The predicted octanol–water partition coefficient (Wildman–Crippen LogP) is 4.24. The molecule has 2 aromatic heterocycles. The molecular weight excluding hydrogens is 491 g/mol. The van der Waals surface area contributed by atoms with Gasteiger partial charge in [0.1, 0.15) is 0 Å². The zero-order valence-corrected chi connectivity index (χ0v) is 21.4. The second kappa shape index (κ2) is 10.7. The molecular formula is C25H30F3N5O2S. The maximum Gasteiger partial charge on any atom is 0.449 e. The molecule has 0 spiro atoms. The summed E-state index contributed by atoms with van der Waals surface area (Å²) in [4.78, 5) is 37.8. The molecule has 194 valence electrons. The molecule has 36 heavy (non-hydrogen) atoms. The van der Waals surface area contributed by atoms with E-state index < -0.39 is 23.6 Å². The van der Waals surface area contributed by atoms with Crippen molar-refractivity contribution >= 4 is 32.6 Å². The first-order valence-corrected chi connectivity index (χ1v) is 12.8. The summed E-state index contributed by atoms with van der Waals surface area (Å²) in [5.41, 5.74) is 0.173. The van der Waals surface area contributed by atoms with Crippen LogP contribution < -0.4 is 10.5 Å². The van der Waals surface area contributed by atoms with Crippen LogP contribution in [0.15, 0.2) is 35.1 Å². The topological polar surface area (TPSA) is 71.3 Å². The third kappa shape index (κ3) is 5.78. The number of ketones is 1. The van der Waals surface area contributed by atoms with E-state index in [1.165, 1.54) is 0 Å². The van der Waals surface area contributed by atoms with Gasteiger partial charge in [-0.25, -0.2) is 9.97 Å². The standard InChI is InChI=1S/C25H30F3N5O2S/c1-16(19(34)10-9-17-7-5-4-6-8-17)32(3)24-29-20-21(36-24)30-23(25(26,27)28)33(22(20)35)15-18-11-13-31(2)14-12-18/h4-8,16,18H,9-15H2,1-3H3/t16-/m1/s1. The van der Waals surface area contributed by atoms with Crippen molar-refractivity contribution in [1.29, 1.82) is 0 Å². The smallest absolute Gasteiger partial charge is 0.341 e. The van der Waals surface area contributed by atoms with Gasteiger partial charge >= 0.3 is 6.18 Å². The van der Waals surface area contributed by atoms with E-state index in [9.17, 15) is 22.8 Å². The largest absolute Gasteiger partial charge is 0.449 e. The summed E-state index contributed by atoms with van der Waals surface area (Å²) in [6.07, 6.45) is -2.43. The SMILES string of the molecule is C[C@H](C(=O)CCc1ccccc1)N(C)c1nc2c(=O)n(CC3CCN(C)CC3)c(C(F)(F)F)nc2s1. The van der Waals surface area contributed by atoms with E-state index in [1.54, 1.807) is 18.9 Å². The molecule has 7 nitrogen and oxygen atoms in total. The Morgan fingerprint density at radius 3 is 2.50 bits per heavy atom. The van der Waals surface area contributed by atoms with Crippen molar-refractivity contribution in [2.45, 2.75) is 51.4 Å². The number of benzene rings is 1. The van der Waals surface area contributed by atoms with Crippen molar-refractivity contribution in [3.05, 3.63) is 52.1 Å². The number of piperidine rings is 1. The number of likely N-dealkylation sites (N-methyl/N-ethyl adjacent to an activating group) is 1. The molecule has 0 aliphatic carbocycles. The number of fused-ring (bicyclic) bond motifs is 1. The van der Waals surface area contributed by atoms with Crippen LogP contribution in [0.1, 0.15) is 37.6 Å². The first-order chi connectivity index (χ1) is 17.0. The zero-order chi connectivity index (χ0) is 26.0. The minimum atomic E-state index is -4.77. The summed E-state index contributed by atoms with van der Waals surface area (Å²) in [5.74, 6) is -1.25. The number of carbonyl (C=O) groups is 1. The van der Waals surface area contributed by atoms with Crippen LogP contribution in [-0.4, -0.2) is 58.4 Å². The Morgan fingerprint density at radius 2 is 1.86 bits per heavy atom. The number of hydrogen-bond acceptors (Lipinski definition) is 7. The van der Waals surface area contributed by atoms with E-state index in [2.05, 4.69) is 14.9 Å². The number of rotatable bonds is 8. The van der Waals surface area contributed by atoms with Crippen LogP contribution in [0.4, 0.5) is 18.3 Å². The molecule has 3 aromatic rings. The lowest BCUT2D eigenvalue weighted by Crippen LogP contribution is -2.37. The quantitative estimate of drug-likeness (QED) is 0.442. The van der Waals surface area contributed by atoms with Gasteiger partial charge in [-0.2, -0.15) is 13.2 Å². The van der Waals surface area contributed by atoms with Crippen LogP contribution in [-0.2, 0) is 23.9 Å². The summed E-state index contributed by atoms with van der Waals surface area (Å²) in [6, 6.07) is 9.09. The van der Waals surface area contributed by atoms with E-state index in [-0.39, 0.29) is 28.6 Å². The van der Waals surface area contributed by atoms with Crippen molar-refractivity contribution in [2.75, 3.05) is 32.1 Å². The summed E-state index contributed by atoms with van der Waals surface area (Å²) in [7, 11) is 3.63. The zero-order valence-electron chi connectivity index (χ0n) is 20.6. The molecule has 1 aliphatic heterocycles. The Balaban J connectivity index is 1.58. The Kier molecular flexibility index (Phi) is 7.79. The van der Waals surface area contributed by atoms with Gasteiger partial charge < -0.3 is 9.80 Å². The number of nitrogens with zero attached hydrogens (tertiary/aromatic N) is 5. The van der Waals surface area contributed by atoms with E-state index >= 15 is 0 Å². The number of aromatic nitrogens is 3. The van der Waals surface area contributed by atoms with Gasteiger partial charge in [0.05, 0.1) is 6.04 Å². The van der Waals surface area contributed by atoms with E-state index in [4.69, 9.17) is 0 Å². The monoisotopic (exact) mass is 521 g/mol. The highest BCUT2D eigenvalue weighted by molar-refractivity contribution is 7.21. The minimum absolute atomic E-state index is 0.0239. The van der Waals surface area contributed by atoms with Crippen LogP contribution in [0, 0.1) is 5.92 Å². The Hall–Kier alpha value is -2.79. The average molecular weight is 522 g/mol. The van der Waals surface area contributed by atoms with Gasteiger partial charge in [-0.05, 0) is 57.8 Å². The van der Waals surface area contributed by atoms with Crippen LogP contribution in [0.3, 0.4) is 0 Å². The second-order valence-corrected chi connectivity index (χ2v) is 10.4. The predicted molar refractivity (Wildman–Crippen MR) is 135 cm³/mol. The Labute approximate surface area is 211 Å². The maximum absolute atomic E-state index is 13.9. The molecule has 0 N–H and O–H groups in total. The highest BCUT2D eigenvalue weighted by atomic mass is 32.1. The summed E-state index contributed by atoms with van der Waals surface area (Å²) in [5, 5.41) is 0.292. The average Bonchev–Trinajstić information content (AvgIpc) is 3.29. The van der Waals surface area contributed by atoms with Crippen molar-refractivity contribution < 1.29 is 18.0 Å². The number of likely N-dealkylation sites (tertiary alicyclic amines) is 1. The number of thiazole rings is 1. The van der Waals surface area contributed by atoms with Crippen molar-refractivity contribution in [2.24, 2.45) is 5.92 Å². The molecule has 0 saturated carbocycles. The van der Waals surface area contributed by atoms with Crippen LogP contribution in [0.25, 0.3) is 10.3 Å². The van der Waals surface area contributed by atoms with Crippen LogP contribution in [0.5, 0.6) is 0 Å². The molecule has 0 bridgehead atoms. The number of carbonyl (C=O) groups excluding carboxylic acids is 1. The number of anilines is 1. The van der Waals surface area contributed by atoms with Gasteiger partial charge in [-0.1, -0.05) is 41.7 Å². The molecule has 4 rings (SSSR count). The number of hydrogen-bond donors (Lipinski definition) is 0. The number of halogens is 3. The lowest BCUT2D eigenvalue weighted by atomic mass is 9.97. The van der Waals surface area contributed by atoms with Gasteiger partial charge in [0.2, 0.25) is 5.82 Å². The molecule has 0 amide bonds. The molecule has 1 aromatic carbocycles. The lowest BCUT2D eigenvalue weighted by Gasteiger charge is -2.29. The first-order valence-electron chi connectivity index (χ1n) is 12.0. The van der Waals surface area contributed by atoms with E-state index in [1.807, 2.05) is 37.4 Å². The molecule has 1 atom stereocenters. The number of alkyl halides is 3. The fourth-order valence-corrected chi connectivity index (χ4v) is 5.41. The first kappa shape index (κ1) is 26.3.